The second kappa shape index (κ2) is 11.1. The van der Waals surface area contributed by atoms with Crippen LogP contribution >= 0.6 is 0 Å². The molecule has 1 aliphatic heterocycles. The molecule has 1 aliphatic rings. The second-order valence-corrected chi connectivity index (χ2v) is 7.44. The average molecular weight is 361 g/mol. The van der Waals surface area contributed by atoms with E-state index in [0.29, 0.717) is 12.6 Å². The molecule has 5 nitrogen and oxygen atoms in total. The van der Waals surface area contributed by atoms with Crippen molar-refractivity contribution < 1.29 is 4.74 Å². The highest BCUT2D eigenvalue weighted by Gasteiger charge is 2.14. The number of hydrogen-bond donors (Lipinski definition) is 2. The molecule has 146 valence electrons. The van der Waals surface area contributed by atoms with E-state index in [-0.39, 0.29) is 0 Å². The lowest BCUT2D eigenvalue weighted by atomic mass is 10.0. The van der Waals surface area contributed by atoms with Crippen molar-refractivity contribution in [1.82, 2.24) is 10.6 Å². The van der Waals surface area contributed by atoms with E-state index in [2.05, 4.69) is 67.5 Å². The molecular formula is C21H36N4O. The van der Waals surface area contributed by atoms with Crippen LogP contribution in [0.25, 0.3) is 0 Å². The van der Waals surface area contributed by atoms with Gasteiger partial charge in [0.25, 0.3) is 0 Å². The van der Waals surface area contributed by atoms with E-state index < -0.39 is 0 Å². The van der Waals surface area contributed by atoms with Gasteiger partial charge in [-0.2, -0.15) is 0 Å². The van der Waals surface area contributed by atoms with E-state index in [1.807, 2.05) is 0 Å². The van der Waals surface area contributed by atoms with E-state index in [1.54, 1.807) is 0 Å². The summed E-state index contributed by atoms with van der Waals surface area (Å²) in [5, 5.41) is 6.92. The maximum Gasteiger partial charge on any atom is 0.191 e. The van der Waals surface area contributed by atoms with Gasteiger partial charge in [-0.1, -0.05) is 32.0 Å². The maximum absolute atomic E-state index is 5.49. The summed E-state index contributed by atoms with van der Waals surface area (Å²) in [7, 11) is 0. The lowest BCUT2D eigenvalue weighted by molar-refractivity contribution is 0.122. The van der Waals surface area contributed by atoms with Crippen LogP contribution in [0.2, 0.25) is 0 Å². The fourth-order valence-corrected chi connectivity index (χ4v) is 3.13. The van der Waals surface area contributed by atoms with Crippen molar-refractivity contribution in [3.63, 3.8) is 0 Å². The molecule has 1 aromatic carbocycles. The molecule has 0 saturated carbocycles. The van der Waals surface area contributed by atoms with Gasteiger partial charge in [0.05, 0.1) is 19.8 Å². The second-order valence-electron chi connectivity index (χ2n) is 7.44. The van der Waals surface area contributed by atoms with Gasteiger partial charge < -0.3 is 20.3 Å². The number of aliphatic imine (C=N–C) groups is 1. The molecule has 2 rings (SSSR count). The Morgan fingerprint density at radius 2 is 1.88 bits per heavy atom. The van der Waals surface area contributed by atoms with Gasteiger partial charge in [-0.05, 0) is 44.2 Å². The van der Waals surface area contributed by atoms with Crippen molar-refractivity contribution in [2.45, 2.75) is 53.1 Å². The van der Waals surface area contributed by atoms with Gasteiger partial charge in [-0.25, -0.2) is 4.99 Å². The van der Waals surface area contributed by atoms with Gasteiger partial charge in [0.2, 0.25) is 0 Å². The Labute approximate surface area is 159 Å². The Morgan fingerprint density at radius 1 is 1.15 bits per heavy atom. The summed E-state index contributed by atoms with van der Waals surface area (Å²) in [6.45, 7) is 13.9. The van der Waals surface area contributed by atoms with Gasteiger partial charge in [0.1, 0.15) is 0 Å². The standard InChI is InChI=1S/C21H36N4O/c1-5-22-21(24-18(4)11-10-17(2)3)23-16-19-8-6-7-9-20(19)25-12-14-26-15-13-25/h6-9,17-18H,5,10-16H2,1-4H3,(H2,22,23,24). The zero-order valence-corrected chi connectivity index (χ0v) is 16.9. The van der Waals surface area contributed by atoms with E-state index >= 15 is 0 Å². The quantitative estimate of drug-likeness (QED) is 0.551. The molecule has 1 unspecified atom stereocenters. The van der Waals surface area contributed by atoms with Crippen LogP contribution in [0.15, 0.2) is 29.3 Å². The van der Waals surface area contributed by atoms with Crippen molar-refractivity contribution in [3.05, 3.63) is 29.8 Å². The molecule has 0 spiro atoms. The van der Waals surface area contributed by atoms with Crippen LogP contribution in [0.1, 0.15) is 46.1 Å². The summed E-state index contributed by atoms with van der Waals surface area (Å²) in [5.41, 5.74) is 2.55. The van der Waals surface area contributed by atoms with Crippen molar-refractivity contribution in [2.24, 2.45) is 10.9 Å². The fourth-order valence-electron chi connectivity index (χ4n) is 3.13. The van der Waals surface area contributed by atoms with Crippen LogP contribution in [-0.2, 0) is 11.3 Å². The number of para-hydroxylation sites is 1. The lowest BCUT2D eigenvalue weighted by Gasteiger charge is -2.30. The molecule has 1 heterocycles. The van der Waals surface area contributed by atoms with Crippen LogP contribution in [0.4, 0.5) is 5.69 Å². The monoisotopic (exact) mass is 360 g/mol. The molecule has 1 saturated heterocycles. The number of nitrogens with one attached hydrogen (secondary N) is 2. The largest absolute Gasteiger partial charge is 0.378 e. The predicted molar refractivity (Wildman–Crippen MR) is 111 cm³/mol. The zero-order valence-electron chi connectivity index (χ0n) is 16.9. The molecule has 0 bridgehead atoms. The number of ether oxygens (including phenoxy) is 1. The minimum atomic E-state index is 0.421. The smallest absolute Gasteiger partial charge is 0.191 e. The Hall–Kier alpha value is -1.75. The van der Waals surface area contributed by atoms with Crippen molar-refractivity contribution >= 4 is 11.6 Å². The van der Waals surface area contributed by atoms with Crippen LogP contribution in [0.5, 0.6) is 0 Å². The summed E-state index contributed by atoms with van der Waals surface area (Å²) in [6, 6.07) is 9.00. The Morgan fingerprint density at radius 3 is 2.58 bits per heavy atom. The Kier molecular flexibility index (Phi) is 8.75. The molecule has 1 aromatic rings. The summed E-state index contributed by atoms with van der Waals surface area (Å²) < 4.78 is 5.49. The molecular weight excluding hydrogens is 324 g/mol. The molecule has 5 heteroatoms. The summed E-state index contributed by atoms with van der Waals surface area (Å²) in [5.74, 6) is 1.64. The third-order valence-electron chi connectivity index (χ3n) is 4.66. The number of hydrogen-bond acceptors (Lipinski definition) is 3. The Balaban J connectivity index is 2.02. The minimum absolute atomic E-state index is 0.421. The lowest BCUT2D eigenvalue weighted by Crippen LogP contribution is -2.42. The minimum Gasteiger partial charge on any atom is -0.378 e. The highest BCUT2D eigenvalue weighted by molar-refractivity contribution is 5.80. The van der Waals surface area contributed by atoms with Crippen molar-refractivity contribution in [2.75, 3.05) is 37.7 Å². The number of benzene rings is 1. The predicted octanol–water partition coefficient (Wildman–Crippen LogP) is 3.40. The highest BCUT2D eigenvalue weighted by Crippen LogP contribution is 2.22. The van der Waals surface area contributed by atoms with E-state index in [1.165, 1.54) is 17.7 Å². The molecule has 2 N–H and O–H groups in total. The highest BCUT2D eigenvalue weighted by atomic mass is 16.5. The topological polar surface area (TPSA) is 48.9 Å². The number of nitrogens with zero attached hydrogens (tertiary/aromatic N) is 2. The molecule has 0 radical (unpaired) electrons. The molecule has 0 aliphatic carbocycles. The third-order valence-corrected chi connectivity index (χ3v) is 4.66. The van der Waals surface area contributed by atoms with Gasteiger partial charge >= 0.3 is 0 Å². The van der Waals surface area contributed by atoms with Gasteiger partial charge in [0.15, 0.2) is 5.96 Å². The first kappa shape index (κ1) is 20.6. The van der Waals surface area contributed by atoms with Crippen LogP contribution in [0.3, 0.4) is 0 Å². The number of guanidine groups is 1. The first-order valence-corrected chi connectivity index (χ1v) is 10.1. The Bertz CT molecular complexity index is 553. The number of morpholine rings is 1. The molecule has 0 amide bonds. The van der Waals surface area contributed by atoms with Crippen LogP contribution in [0, 0.1) is 5.92 Å². The van der Waals surface area contributed by atoms with Gasteiger partial charge in [0, 0.05) is 31.4 Å². The zero-order chi connectivity index (χ0) is 18.8. The van der Waals surface area contributed by atoms with Crippen LogP contribution in [-0.4, -0.2) is 44.8 Å². The van der Waals surface area contributed by atoms with Crippen LogP contribution < -0.4 is 15.5 Å². The fraction of sp³-hybridized carbons (Fsp3) is 0.667. The molecule has 1 atom stereocenters. The van der Waals surface area contributed by atoms with Crippen molar-refractivity contribution in [3.8, 4) is 0 Å². The average Bonchev–Trinajstić information content (AvgIpc) is 2.65. The molecule has 26 heavy (non-hydrogen) atoms. The summed E-state index contributed by atoms with van der Waals surface area (Å²) >= 11 is 0. The SMILES string of the molecule is CCNC(=NCc1ccccc1N1CCOCC1)NC(C)CCC(C)C. The number of anilines is 1. The first-order chi connectivity index (χ1) is 12.6. The van der Waals surface area contributed by atoms with Crippen molar-refractivity contribution in [1.29, 1.82) is 0 Å². The number of rotatable bonds is 8. The van der Waals surface area contributed by atoms with E-state index in [4.69, 9.17) is 9.73 Å². The molecule has 0 aromatic heterocycles. The summed E-state index contributed by atoms with van der Waals surface area (Å²) in [6.07, 6.45) is 2.39. The normalized spacial score (nSPS) is 16.7. The first-order valence-electron chi connectivity index (χ1n) is 10.1. The summed E-state index contributed by atoms with van der Waals surface area (Å²) in [4.78, 5) is 7.25. The third kappa shape index (κ3) is 6.87. The molecule has 1 fully saturated rings. The van der Waals surface area contributed by atoms with E-state index in [0.717, 1.165) is 51.1 Å². The maximum atomic E-state index is 5.49. The van der Waals surface area contributed by atoms with Gasteiger partial charge in [-0.3, -0.25) is 0 Å². The van der Waals surface area contributed by atoms with E-state index in [9.17, 15) is 0 Å². The van der Waals surface area contributed by atoms with Gasteiger partial charge in [-0.15, -0.1) is 0 Å².